The second kappa shape index (κ2) is 9.27. The summed E-state index contributed by atoms with van der Waals surface area (Å²) in [5.74, 6) is 0.961. The zero-order valence-electron chi connectivity index (χ0n) is 17.0. The molecule has 162 valence electrons. The number of anilines is 1. The summed E-state index contributed by atoms with van der Waals surface area (Å²) in [5, 5.41) is 1.48. The van der Waals surface area contributed by atoms with E-state index >= 15 is 0 Å². The van der Waals surface area contributed by atoms with Crippen LogP contribution in [0.5, 0.6) is 0 Å². The van der Waals surface area contributed by atoms with Crippen molar-refractivity contribution >= 4 is 63.5 Å². The van der Waals surface area contributed by atoms with Gasteiger partial charge >= 0.3 is 0 Å². The van der Waals surface area contributed by atoms with Crippen molar-refractivity contribution in [1.82, 2.24) is 4.98 Å². The van der Waals surface area contributed by atoms with Crippen molar-refractivity contribution in [3.8, 4) is 11.3 Å². The van der Waals surface area contributed by atoms with E-state index in [-0.39, 0.29) is 5.91 Å². The maximum atomic E-state index is 13.4. The molecule has 0 radical (unpaired) electrons. The van der Waals surface area contributed by atoms with Crippen LogP contribution in [0.15, 0.2) is 99.5 Å². The first-order valence-corrected chi connectivity index (χ1v) is 11.5. The first-order chi connectivity index (χ1) is 16.1. The van der Waals surface area contributed by atoms with Crippen LogP contribution >= 0.6 is 35.0 Å². The Morgan fingerprint density at radius 3 is 2.52 bits per heavy atom. The molecular weight excluding hydrogens is 477 g/mol. The number of pyridine rings is 1. The van der Waals surface area contributed by atoms with E-state index < -0.39 is 0 Å². The van der Waals surface area contributed by atoms with E-state index in [1.807, 2.05) is 54.6 Å². The number of hydrogen-bond acceptors (Lipinski definition) is 5. The molecule has 4 aromatic rings. The van der Waals surface area contributed by atoms with Crippen molar-refractivity contribution in [1.29, 1.82) is 0 Å². The maximum absolute atomic E-state index is 13.4. The fraction of sp³-hybridized carbons (Fsp3) is 0. The van der Waals surface area contributed by atoms with Crippen LogP contribution in [0.1, 0.15) is 5.76 Å². The van der Waals surface area contributed by atoms with Crippen LogP contribution in [0.25, 0.3) is 17.4 Å². The van der Waals surface area contributed by atoms with Gasteiger partial charge in [0.05, 0.1) is 26.3 Å². The SMILES string of the molecule is O=C1/C(=C\c2ccc(-c3ccccc3Cl)o2)SC(=Nc2ccncc2Cl)N1c1ccccc1. The third kappa shape index (κ3) is 4.46. The molecule has 8 heteroatoms. The average molecular weight is 492 g/mol. The van der Waals surface area contributed by atoms with Gasteiger partial charge in [0, 0.05) is 24.0 Å². The standard InChI is InChI=1S/C25H15Cl2N3O2S/c26-19-9-5-4-8-18(19)22-11-10-17(32-22)14-23-24(31)30(16-6-2-1-3-7-16)25(33-23)29-21-12-13-28-15-20(21)27/h1-15H/b23-14+,29-25?. The van der Waals surface area contributed by atoms with Crippen molar-refractivity contribution in [3.63, 3.8) is 0 Å². The molecule has 0 bridgehead atoms. The molecule has 5 nitrogen and oxygen atoms in total. The van der Waals surface area contributed by atoms with Crippen LogP contribution in [0.4, 0.5) is 11.4 Å². The first kappa shape index (κ1) is 21.5. The van der Waals surface area contributed by atoms with E-state index in [2.05, 4.69) is 9.98 Å². The summed E-state index contributed by atoms with van der Waals surface area (Å²) in [5.41, 5.74) is 2.02. The number of rotatable bonds is 4. The van der Waals surface area contributed by atoms with Crippen LogP contribution in [-0.2, 0) is 4.79 Å². The van der Waals surface area contributed by atoms with Gasteiger partial charge in [0.1, 0.15) is 11.5 Å². The highest BCUT2D eigenvalue weighted by Crippen LogP contribution is 2.39. The van der Waals surface area contributed by atoms with Crippen molar-refractivity contribution < 1.29 is 9.21 Å². The molecule has 0 spiro atoms. The smallest absolute Gasteiger partial charge is 0.271 e. The van der Waals surface area contributed by atoms with Crippen LogP contribution in [-0.4, -0.2) is 16.1 Å². The lowest BCUT2D eigenvalue weighted by Crippen LogP contribution is -2.28. The molecular formula is C25H15Cl2N3O2S. The van der Waals surface area contributed by atoms with Gasteiger partial charge in [-0.3, -0.25) is 14.7 Å². The molecule has 1 aliphatic heterocycles. The zero-order valence-corrected chi connectivity index (χ0v) is 19.3. The number of nitrogens with zero attached hydrogens (tertiary/aromatic N) is 3. The zero-order chi connectivity index (χ0) is 22.8. The molecule has 3 heterocycles. The molecule has 33 heavy (non-hydrogen) atoms. The number of thioether (sulfide) groups is 1. The maximum Gasteiger partial charge on any atom is 0.271 e. The number of aliphatic imine (C=N–C) groups is 1. The monoisotopic (exact) mass is 491 g/mol. The molecule has 0 saturated carbocycles. The van der Waals surface area contributed by atoms with Crippen molar-refractivity contribution in [2.45, 2.75) is 0 Å². The van der Waals surface area contributed by atoms with Gasteiger partial charge in [0.2, 0.25) is 0 Å². The minimum absolute atomic E-state index is 0.203. The van der Waals surface area contributed by atoms with Gasteiger partial charge in [-0.2, -0.15) is 0 Å². The van der Waals surface area contributed by atoms with Gasteiger partial charge in [-0.15, -0.1) is 0 Å². The molecule has 1 amide bonds. The Hall–Kier alpha value is -3.32. The molecule has 1 fully saturated rings. The number of amides is 1. The normalized spacial score (nSPS) is 16.2. The Bertz CT molecular complexity index is 1400. The number of para-hydroxylation sites is 1. The third-order valence-electron chi connectivity index (χ3n) is 4.83. The summed E-state index contributed by atoms with van der Waals surface area (Å²) >= 11 is 13.8. The number of halogens is 2. The molecule has 1 aliphatic rings. The minimum Gasteiger partial charge on any atom is -0.457 e. The fourth-order valence-corrected chi connectivity index (χ4v) is 4.64. The lowest BCUT2D eigenvalue weighted by atomic mass is 10.2. The number of furan rings is 1. The Morgan fingerprint density at radius 1 is 0.939 bits per heavy atom. The van der Waals surface area contributed by atoms with E-state index in [1.54, 1.807) is 35.4 Å². The highest BCUT2D eigenvalue weighted by atomic mass is 35.5. The van der Waals surface area contributed by atoms with Crippen molar-refractivity contribution in [2.24, 2.45) is 4.99 Å². The fourth-order valence-electron chi connectivity index (χ4n) is 3.28. The summed E-state index contributed by atoms with van der Waals surface area (Å²) in [6.07, 6.45) is 4.83. The molecule has 0 atom stereocenters. The Kier molecular flexibility index (Phi) is 6.05. The number of amidine groups is 1. The number of carbonyl (C=O) groups is 1. The van der Waals surface area contributed by atoms with E-state index in [9.17, 15) is 4.79 Å². The van der Waals surface area contributed by atoms with Gasteiger partial charge in [-0.05, 0) is 54.2 Å². The third-order valence-corrected chi connectivity index (χ3v) is 6.42. The second-order valence-electron chi connectivity index (χ2n) is 6.99. The summed E-state index contributed by atoms with van der Waals surface area (Å²) in [4.78, 5) is 24.1. The highest BCUT2D eigenvalue weighted by molar-refractivity contribution is 8.19. The summed E-state index contributed by atoms with van der Waals surface area (Å²) in [6.45, 7) is 0. The number of aromatic nitrogens is 1. The first-order valence-electron chi connectivity index (χ1n) is 9.92. The summed E-state index contributed by atoms with van der Waals surface area (Å²) < 4.78 is 5.96. The molecule has 0 aliphatic carbocycles. The lowest BCUT2D eigenvalue weighted by Gasteiger charge is -2.15. The van der Waals surface area contributed by atoms with Gasteiger partial charge < -0.3 is 4.42 Å². The molecule has 2 aromatic heterocycles. The predicted octanol–water partition coefficient (Wildman–Crippen LogP) is 7.46. The second-order valence-corrected chi connectivity index (χ2v) is 8.81. The van der Waals surface area contributed by atoms with Crippen molar-refractivity contribution in [3.05, 3.63) is 106 Å². The van der Waals surface area contributed by atoms with E-state index in [0.717, 1.165) is 5.56 Å². The highest BCUT2D eigenvalue weighted by Gasteiger charge is 2.35. The van der Waals surface area contributed by atoms with Crippen LogP contribution in [0.3, 0.4) is 0 Å². The molecule has 1 saturated heterocycles. The van der Waals surface area contributed by atoms with E-state index in [4.69, 9.17) is 27.6 Å². The Balaban J connectivity index is 1.53. The average Bonchev–Trinajstić information content (AvgIpc) is 3.41. The van der Waals surface area contributed by atoms with E-state index in [1.165, 1.54) is 18.0 Å². The summed E-state index contributed by atoms with van der Waals surface area (Å²) in [6, 6.07) is 22.1. The van der Waals surface area contributed by atoms with E-state index in [0.29, 0.717) is 43.0 Å². The molecule has 0 N–H and O–H groups in total. The predicted molar refractivity (Wildman–Crippen MR) is 135 cm³/mol. The number of carbonyl (C=O) groups excluding carboxylic acids is 1. The lowest BCUT2D eigenvalue weighted by molar-refractivity contribution is -0.113. The molecule has 5 rings (SSSR count). The number of benzene rings is 2. The summed E-state index contributed by atoms with van der Waals surface area (Å²) in [7, 11) is 0. The van der Waals surface area contributed by atoms with Gasteiger partial charge in [0.25, 0.3) is 5.91 Å². The Labute approximate surface area is 204 Å². The van der Waals surface area contributed by atoms with Crippen LogP contribution in [0, 0.1) is 0 Å². The molecule has 0 unspecified atom stereocenters. The van der Waals surface area contributed by atoms with Crippen molar-refractivity contribution in [2.75, 3.05) is 4.90 Å². The van der Waals surface area contributed by atoms with Crippen LogP contribution < -0.4 is 4.90 Å². The van der Waals surface area contributed by atoms with Gasteiger partial charge in [-0.1, -0.05) is 53.5 Å². The number of hydrogen-bond donors (Lipinski definition) is 0. The topological polar surface area (TPSA) is 58.7 Å². The van der Waals surface area contributed by atoms with Crippen LogP contribution in [0.2, 0.25) is 10.0 Å². The van der Waals surface area contributed by atoms with Gasteiger partial charge in [-0.25, -0.2) is 4.99 Å². The Morgan fingerprint density at radius 2 is 1.73 bits per heavy atom. The largest absolute Gasteiger partial charge is 0.457 e. The quantitative estimate of drug-likeness (QED) is 0.278. The molecule has 2 aromatic carbocycles. The minimum atomic E-state index is -0.203. The van der Waals surface area contributed by atoms with Gasteiger partial charge in [0.15, 0.2) is 5.17 Å².